The van der Waals surface area contributed by atoms with Crippen molar-refractivity contribution >= 4 is 11.8 Å². The van der Waals surface area contributed by atoms with E-state index in [9.17, 15) is 9.59 Å². The van der Waals surface area contributed by atoms with Crippen LogP contribution in [0.25, 0.3) is 0 Å². The van der Waals surface area contributed by atoms with Crippen LogP contribution in [0.1, 0.15) is 48.9 Å². The van der Waals surface area contributed by atoms with Crippen LogP contribution in [0.15, 0.2) is 24.5 Å². The largest absolute Gasteiger partial charge is 0.339 e. The molecule has 26 heavy (non-hydrogen) atoms. The van der Waals surface area contributed by atoms with Gasteiger partial charge in [-0.2, -0.15) is 0 Å². The Morgan fingerprint density at radius 2 is 1.35 bits per heavy atom. The molecule has 2 amide bonds. The molecule has 1 aromatic rings. The number of carbonyl (C=O) groups is 2. The van der Waals surface area contributed by atoms with Crippen molar-refractivity contribution in [3.05, 3.63) is 30.1 Å². The lowest BCUT2D eigenvalue weighted by molar-refractivity contribution is -0.159. The molecule has 5 aliphatic rings. The predicted molar refractivity (Wildman–Crippen MR) is 97.3 cm³/mol. The van der Waals surface area contributed by atoms with Crippen LogP contribution in [-0.4, -0.2) is 52.8 Å². The van der Waals surface area contributed by atoms with Crippen molar-refractivity contribution in [2.24, 2.45) is 23.2 Å². The molecule has 0 aromatic carbocycles. The number of nitrogens with zero attached hydrogens (tertiary/aromatic N) is 3. The fourth-order valence-electron chi connectivity index (χ4n) is 6.50. The third kappa shape index (κ3) is 2.63. The Balaban J connectivity index is 1.24. The van der Waals surface area contributed by atoms with Gasteiger partial charge in [0.05, 0.1) is 5.41 Å². The van der Waals surface area contributed by atoms with E-state index in [0.717, 1.165) is 37.0 Å². The summed E-state index contributed by atoms with van der Waals surface area (Å²) in [6.45, 7) is 2.63. The van der Waals surface area contributed by atoms with Gasteiger partial charge in [0.1, 0.15) is 0 Å². The minimum atomic E-state index is -0.0635. The van der Waals surface area contributed by atoms with Crippen molar-refractivity contribution in [3.8, 4) is 0 Å². The number of rotatable bonds is 2. The minimum absolute atomic E-state index is 0.0503. The Morgan fingerprint density at radius 1 is 0.846 bits per heavy atom. The summed E-state index contributed by atoms with van der Waals surface area (Å²) >= 11 is 0. The highest BCUT2D eigenvalue weighted by Gasteiger charge is 2.55. The monoisotopic (exact) mass is 353 g/mol. The van der Waals surface area contributed by atoms with Crippen LogP contribution in [-0.2, 0) is 4.79 Å². The lowest BCUT2D eigenvalue weighted by Crippen LogP contribution is -2.58. The Morgan fingerprint density at radius 3 is 1.88 bits per heavy atom. The highest BCUT2D eigenvalue weighted by molar-refractivity contribution is 5.94. The molecule has 1 aliphatic heterocycles. The fourth-order valence-corrected chi connectivity index (χ4v) is 6.50. The molecule has 5 fully saturated rings. The van der Waals surface area contributed by atoms with E-state index >= 15 is 0 Å². The molecule has 5 heteroatoms. The Labute approximate surface area is 154 Å². The Hall–Kier alpha value is -1.91. The summed E-state index contributed by atoms with van der Waals surface area (Å²) in [4.78, 5) is 33.9. The van der Waals surface area contributed by atoms with E-state index < -0.39 is 0 Å². The second-order valence-electron chi connectivity index (χ2n) is 9.02. The van der Waals surface area contributed by atoms with Crippen molar-refractivity contribution in [1.29, 1.82) is 0 Å². The maximum atomic E-state index is 13.4. The van der Waals surface area contributed by atoms with Crippen LogP contribution < -0.4 is 0 Å². The molecule has 5 nitrogen and oxygen atoms in total. The first kappa shape index (κ1) is 16.3. The maximum absolute atomic E-state index is 13.4. The molecule has 1 saturated heterocycles. The van der Waals surface area contributed by atoms with Crippen molar-refractivity contribution in [1.82, 2.24) is 14.8 Å². The average molecular weight is 353 g/mol. The van der Waals surface area contributed by atoms with Crippen LogP contribution in [0.4, 0.5) is 0 Å². The van der Waals surface area contributed by atoms with Crippen molar-refractivity contribution in [2.75, 3.05) is 26.2 Å². The fraction of sp³-hybridized carbons (Fsp3) is 0.667. The third-order valence-corrected chi connectivity index (χ3v) is 7.27. The van der Waals surface area contributed by atoms with Crippen molar-refractivity contribution < 1.29 is 9.59 Å². The maximum Gasteiger partial charge on any atom is 0.254 e. The average Bonchev–Trinajstić information content (AvgIpc) is 2.67. The molecule has 2 heterocycles. The topological polar surface area (TPSA) is 53.5 Å². The molecule has 0 radical (unpaired) electrons. The van der Waals surface area contributed by atoms with Crippen LogP contribution >= 0.6 is 0 Å². The summed E-state index contributed by atoms with van der Waals surface area (Å²) in [5.41, 5.74) is 0.618. The second-order valence-corrected chi connectivity index (χ2v) is 9.02. The zero-order chi connectivity index (χ0) is 17.7. The van der Waals surface area contributed by atoms with Gasteiger partial charge < -0.3 is 9.80 Å². The Bertz CT molecular complexity index is 674. The SMILES string of the molecule is O=C(c1ccncc1)N1CCN(C(=O)C23CC4CC(CC(C4)C2)C3)CC1. The summed E-state index contributed by atoms with van der Waals surface area (Å²) in [5, 5.41) is 0. The summed E-state index contributed by atoms with van der Waals surface area (Å²) in [6, 6.07) is 3.52. The molecule has 1 aromatic heterocycles. The molecule has 0 unspecified atom stereocenters. The molecule has 4 bridgehead atoms. The van der Waals surface area contributed by atoms with E-state index in [1.165, 1.54) is 19.3 Å². The zero-order valence-corrected chi connectivity index (χ0v) is 15.3. The molecule has 138 valence electrons. The van der Waals surface area contributed by atoms with Gasteiger partial charge in [-0.15, -0.1) is 0 Å². The van der Waals surface area contributed by atoms with Gasteiger partial charge in [-0.05, 0) is 68.4 Å². The molecule has 4 saturated carbocycles. The van der Waals surface area contributed by atoms with Gasteiger partial charge in [0.25, 0.3) is 5.91 Å². The van der Waals surface area contributed by atoms with Gasteiger partial charge in [0.2, 0.25) is 5.91 Å². The molecule has 4 aliphatic carbocycles. The zero-order valence-electron chi connectivity index (χ0n) is 15.3. The van der Waals surface area contributed by atoms with Gasteiger partial charge >= 0.3 is 0 Å². The van der Waals surface area contributed by atoms with Gasteiger partial charge in [-0.1, -0.05) is 0 Å². The van der Waals surface area contributed by atoms with E-state index in [1.807, 2.05) is 4.90 Å². The first-order chi connectivity index (χ1) is 12.6. The van der Waals surface area contributed by atoms with Crippen LogP contribution in [0.2, 0.25) is 0 Å². The van der Waals surface area contributed by atoms with Crippen molar-refractivity contribution in [2.45, 2.75) is 38.5 Å². The normalized spacial score (nSPS) is 35.6. The van der Waals surface area contributed by atoms with Crippen LogP contribution in [0.3, 0.4) is 0 Å². The van der Waals surface area contributed by atoms with Crippen LogP contribution in [0, 0.1) is 23.2 Å². The van der Waals surface area contributed by atoms with Gasteiger partial charge in [-0.3, -0.25) is 14.6 Å². The molecular weight excluding hydrogens is 326 g/mol. The molecule has 0 N–H and O–H groups in total. The highest BCUT2D eigenvalue weighted by Crippen LogP contribution is 2.60. The third-order valence-electron chi connectivity index (χ3n) is 7.27. The molecule has 6 rings (SSSR count). The number of pyridine rings is 1. The summed E-state index contributed by atoms with van der Waals surface area (Å²) < 4.78 is 0. The number of carbonyl (C=O) groups excluding carboxylic acids is 2. The first-order valence-electron chi connectivity index (χ1n) is 10.1. The lowest BCUT2D eigenvalue weighted by atomic mass is 9.49. The summed E-state index contributed by atoms with van der Waals surface area (Å²) in [5.74, 6) is 2.82. The van der Waals surface area contributed by atoms with E-state index in [0.29, 0.717) is 37.6 Å². The quantitative estimate of drug-likeness (QED) is 0.821. The smallest absolute Gasteiger partial charge is 0.254 e. The first-order valence-corrected chi connectivity index (χ1v) is 10.1. The summed E-state index contributed by atoms with van der Waals surface area (Å²) in [7, 11) is 0. The van der Waals surface area contributed by atoms with E-state index in [2.05, 4.69) is 9.88 Å². The van der Waals surface area contributed by atoms with Gasteiger partial charge in [0, 0.05) is 44.1 Å². The van der Waals surface area contributed by atoms with Crippen LogP contribution in [0.5, 0.6) is 0 Å². The van der Waals surface area contributed by atoms with Gasteiger partial charge in [0.15, 0.2) is 0 Å². The van der Waals surface area contributed by atoms with Gasteiger partial charge in [-0.25, -0.2) is 0 Å². The Kier molecular flexibility index (Phi) is 3.80. The highest BCUT2D eigenvalue weighted by atomic mass is 16.2. The predicted octanol–water partition coefficient (Wildman–Crippen LogP) is 2.58. The lowest BCUT2D eigenvalue weighted by Gasteiger charge is -2.57. The standard InChI is InChI=1S/C21H27N3O2/c25-19(18-1-3-22-4-2-18)23-5-7-24(8-6-23)20(26)21-12-15-9-16(13-21)11-17(10-15)14-21/h1-4,15-17H,5-14H2. The number of amides is 2. The van der Waals surface area contributed by atoms with E-state index in [-0.39, 0.29) is 11.3 Å². The van der Waals surface area contributed by atoms with E-state index in [4.69, 9.17) is 0 Å². The minimum Gasteiger partial charge on any atom is -0.339 e. The molecule has 0 atom stereocenters. The number of hydrogen-bond donors (Lipinski definition) is 0. The number of aromatic nitrogens is 1. The molecule has 0 spiro atoms. The summed E-state index contributed by atoms with van der Waals surface area (Å²) in [6.07, 6.45) is 10.7. The van der Waals surface area contributed by atoms with Crippen molar-refractivity contribution in [3.63, 3.8) is 0 Å². The second kappa shape index (κ2) is 6.07. The van der Waals surface area contributed by atoms with E-state index in [1.54, 1.807) is 24.5 Å². The number of piperazine rings is 1. The number of hydrogen-bond acceptors (Lipinski definition) is 3. The molecular formula is C21H27N3O2.